The van der Waals surface area contributed by atoms with Crippen LogP contribution in [0.3, 0.4) is 0 Å². The molecule has 0 saturated heterocycles. The topological polar surface area (TPSA) is 516 Å². The third-order valence-corrected chi connectivity index (χ3v) is 27.0. The first-order chi connectivity index (χ1) is 64.8. The van der Waals surface area contributed by atoms with Gasteiger partial charge in [0.25, 0.3) is 0 Å². The molecular formula is C89H104BrF2N19O21S4. The van der Waals surface area contributed by atoms with Crippen LogP contribution in [0.1, 0.15) is 115 Å². The monoisotopic (exact) mass is 2020 g/mol. The van der Waals surface area contributed by atoms with Crippen LogP contribution in [0.5, 0.6) is 34.5 Å². The second-order valence-corrected chi connectivity index (χ2v) is 38.8. The number of rotatable bonds is 40. The van der Waals surface area contributed by atoms with Crippen molar-refractivity contribution in [3.05, 3.63) is 271 Å². The summed E-state index contributed by atoms with van der Waals surface area (Å²) in [5.74, 6) is 6.46. The molecule has 0 fully saturated rings. The molecule has 0 unspecified atom stereocenters. The molecule has 0 aliphatic rings. The van der Waals surface area contributed by atoms with Gasteiger partial charge < -0.3 is 60.6 Å². The molecule has 3 aromatic carbocycles. The lowest BCUT2D eigenvalue weighted by atomic mass is 10.2. The fourth-order valence-electron chi connectivity index (χ4n) is 12.8. The number of benzene rings is 3. The lowest BCUT2D eigenvalue weighted by molar-refractivity contribution is 0.0667. The maximum atomic E-state index is 13.9. The number of methoxy groups -OCH3 is 6. The highest BCUT2D eigenvalue weighted by molar-refractivity contribution is 9.10. The van der Waals surface area contributed by atoms with E-state index in [1.807, 2.05) is 51.1 Å². The highest BCUT2D eigenvalue weighted by Gasteiger charge is 2.40. The van der Waals surface area contributed by atoms with Crippen LogP contribution < -0.4 is 38.7 Å². The average molecular weight is 2020 g/mol. The summed E-state index contributed by atoms with van der Waals surface area (Å²) in [5.41, 5.74) is 3.27. The van der Waals surface area contributed by atoms with Gasteiger partial charge in [-0.1, -0.05) is 42.5 Å². The minimum absolute atomic E-state index is 0.0553. The number of aryl methyl sites for hydroxylation is 5. The molecule has 0 aliphatic carbocycles. The number of ether oxygens (including phenoxy) is 10. The molecule has 0 spiro atoms. The predicted octanol–water partition coefficient (Wildman–Crippen LogP) is 13.1. The van der Waals surface area contributed by atoms with Crippen LogP contribution in [-0.4, -0.2) is 208 Å². The Labute approximate surface area is 793 Å². The van der Waals surface area contributed by atoms with Crippen molar-refractivity contribution in [2.24, 2.45) is 10.3 Å². The number of aromatic nitrogens is 17. The van der Waals surface area contributed by atoms with E-state index in [1.54, 1.807) is 153 Å². The van der Waals surface area contributed by atoms with Crippen molar-refractivity contribution in [3.63, 3.8) is 0 Å². The smallest absolute Gasteiger partial charge is 0.214 e. The van der Waals surface area contributed by atoms with E-state index in [0.29, 0.717) is 103 Å². The molecule has 13 rings (SSSR count). The zero-order valence-electron chi connectivity index (χ0n) is 76.9. The van der Waals surface area contributed by atoms with Gasteiger partial charge in [-0.15, -0.1) is 56.9 Å². The third-order valence-electron chi connectivity index (χ3n) is 19.9. The van der Waals surface area contributed by atoms with Crippen molar-refractivity contribution in [3.8, 4) is 86.3 Å². The van der Waals surface area contributed by atoms with Crippen molar-refractivity contribution in [2.45, 2.75) is 119 Å². The first-order valence-corrected chi connectivity index (χ1v) is 48.4. The van der Waals surface area contributed by atoms with Gasteiger partial charge in [-0.2, -0.15) is 0 Å². The maximum Gasteiger partial charge on any atom is 0.214 e. The van der Waals surface area contributed by atoms with Crippen LogP contribution >= 0.6 is 15.9 Å². The van der Waals surface area contributed by atoms with Gasteiger partial charge in [0.2, 0.25) is 42.3 Å². The van der Waals surface area contributed by atoms with Crippen LogP contribution in [0.2, 0.25) is 0 Å². The van der Waals surface area contributed by atoms with Crippen LogP contribution in [-0.2, 0) is 70.2 Å². The quantitative estimate of drug-likeness (QED) is 0.0337. The molecular weight excluding hydrogens is 1920 g/mol. The second-order valence-electron chi connectivity index (χ2n) is 29.5. The number of nitrogens with two attached hydrogens (primary N) is 2. The molecule has 13 aromatic rings. The summed E-state index contributed by atoms with van der Waals surface area (Å²) in [5, 5.41) is 31.4. The fourth-order valence-corrected chi connectivity index (χ4v) is 17.1. The highest BCUT2D eigenvalue weighted by atomic mass is 79.9. The van der Waals surface area contributed by atoms with Gasteiger partial charge in [-0.3, -0.25) is 13.7 Å². The van der Waals surface area contributed by atoms with E-state index in [0.717, 1.165) is 41.7 Å². The molecule has 0 radical (unpaired) electrons. The molecule has 726 valence electrons. The summed E-state index contributed by atoms with van der Waals surface area (Å²) < 4.78 is 205. The standard InChI is InChI=1S/2C27H31N5O6S.C15H14BrN3O3.2C10H14FN3O3S/c2*1-7-13-37-25(26-28-14-17(2)15-29-26)19(4)39(33,34)16-23-30-31-27(22-12-11-18(3)38-22)32(23)24-20(35-5)9-8-10-21(24)36-6;1-9-7-8-12(22-9)14-17-18-15(16)19(14)13-10(20-2)5-4-6-11(13)21-3;2*1-3-4-17-9(7(2)18(12,15)16)10-13-5-8(11)6-14-10/h2*7-12,14-15,19,25H,1,13,16H2,2-6H3;4-8H,1-3H3;2*3,5-7,9H,1,4H2,2H3,(H2,12,15,16)/t2*19-,25+;;2*7-,9+/m10.10/s1. The van der Waals surface area contributed by atoms with Gasteiger partial charge in [-0.25, -0.2) is 92.6 Å². The molecule has 0 saturated carbocycles. The van der Waals surface area contributed by atoms with E-state index in [9.17, 15) is 42.5 Å². The number of furan rings is 3. The Morgan fingerprint density at radius 2 is 0.610 bits per heavy atom. The number of sulfonamides is 2. The Bertz CT molecular complexity index is 6270. The number of halogens is 3. The number of para-hydroxylation sites is 3. The normalized spacial score (nSPS) is 13.3. The zero-order chi connectivity index (χ0) is 99.5. The fraction of sp³-hybridized carbons (Fsp3) is 0.326. The largest absolute Gasteiger partial charge is 0.494 e. The van der Waals surface area contributed by atoms with Crippen LogP contribution in [0.4, 0.5) is 8.78 Å². The molecule has 0 bridgehead atoms. The van der Waals surface area contributed by atoms with Gasteiger partial charge in [0.1, 0.15) is 115 Å². The van der Waals surface area contributed by atoms with Gasteiger partial charge in [0.15, 0.2) is 83.5 Å². The van der Waals surface area contributed by atoms with E-state index < -0.39 is 108 Å². The molecule has 10 aromatic heterocycles. The lowest BCUT2D eigenvalue weighted by Gasteiger charge is -2.23. The number of hydrogen-bond donors (Lipinski definition) is 2. The highest BCUT2D eigenvalue weighted by Crippen LogP contribution is 2.42. The van der Waals surface area contributed by atoms with Gasteiger partial charge >= 0.3 is 0 Å². The molecule has 8 atom stereocenters. The molecule has 0 amide bonds. The second kappa shape index (κ2) is 48.9. The van der Waals surface area contributed by atoms with E-state index in [-0.39, 0.29) is 61.4 Å². The summed E-state index contributed by atoms with van der Waals surface area (Å²) in [6.07, 6.45) is 12.4. The predicted molar refractivity (Wildman–Crippen MR) is 501 cm³/mol. The lowest BCUT2D eigenvalue weighted by Crippen LogP contribution is -2.33. The van der Waals surface area contributed by atoms with Crippen molar-refractivity contribution >= 4 is 55.7 Å². The first kappa shape index (κ1) is 107. The molecule has 40 nitrogen and oxygen atoms in total. The first-order valence-electron chi connectivity index (χ1n) is 41.0. The Morgan fingerprint density at radius 3 is 0.853 bits per heavy atom. The van der Waals surface area contributed by atoms with E-state index in [1.165, 1.54) is 54.4 Å². The van der Waals surface area contributed by atoms with Crippen LogP contribution in [0.15, 0.2) is 209 Å². The van der Waals surface area contributed by atoms with E-state index in [2.05, 4.69) is 113 Å². The van der Waals surface area contributed by atoms with Crippen LogP contribution in [0.25, 0.3) is 51.8 Å². The summed E-state index contributed by atoms with van der Waals surface area (Å²) in [6.45, 7) is 29.8. The Balaban J connectivity index is 0.000000199. The minimum atomic E-state index is -3.91. The Morgan fingerprint density at radius 1 is 0.368 bits per heavy atom. The maximum absolute atomic E-state index is 13.9. The van der Waals surface area contributed by atoms with Gasteiger partial charge in [0, 0.05) is 24.8 Å². The number of sulfone groups is 2. The number of nitrogens with zero attached hydrogens (tertiary/aromatic N) is 17. The van der Waals surface area contributed by atoms with Crippen molar-refractivity contribution < 1.29 is 103 Å². The van der Waals surface area contributed by atoms with Gasteiger partial charge in [0.05, 0.1) is 104 Å². The van der Waals surface area contributed by atoms with Crippen molar-refractivity contribution in [1.29, 1.82) is 0 Å². The average Bonchev–Trinajstić information content (AvgIpc) is 1.58. The SMILES string of the molecule is C=CCO[C@@H](c1ncc(C)cn1)[C@H](C)S(=O)(=O)Cc1nnc(-c2ccc(C)o2)n1-c1c(OC)cccc1OC.C=CCO[C@@H](c1ncc(F)cn1)[C@H](C)S(N)(=O)=O.C=CCO[C@H](c1ncc(C)cn1)[C@@H](C)S(=O)(=O)Cc1nnc(-c2ccc(C)o2)n1-c1c(OC)cccc1OC.C=CCO[C@H](c1ncc(F)cn1)[C@@H](C)S(N)(=O)=O.COc1cccc(OC)c1-n1c(Br)nnc1-c1ccc(C)o1. The summed E-state index contributed by atoms with van der Waals surface area (Å²) in [6, 6.07) is 26.8. The molecule has 4 N–H and O–H groups in total. The summed E-state index contributed by atoms with van der Waals surface area (Å²) >= 11 is 3.42. The summed E-state index contributed by atoms with van der Waals surface area (Å²) in [7, 11) is -6.20. The molecule has 47 heteroatoms. The minimum Gasteiger partial charge on any atom is -0.494 e. The summed E-state index contributed by atoms with van der Waals surface area (Å²) in [4.78, 5) is 32.1. The van der Waals surface area contributed by atoms with Crippen molar-refractivity contribution in [1.82, 2.24) is 84.2 Å². The molecule has 0 aliphatic heterocycles. The molecule has 136 heavy (non-hydrogen) atoms. The number of primary sulfonamides is 2. The van der Waals surface area contributed by atoms with Crippen LogP contribution in [0, 0.1) is 46.3 Å². The number of hydrogen-bond acceptors (Lipinski definition) is 35. The third kappa shape index (κ3) is 27.2. The Kier molecular flexibility index (Phi) is 38.3. The van der Waals surface area contributed by atoms with Crippen molar-refractivity contribution in [2.75, 3.05) is 69.1 Å². The zero-order valence-corrected chi connectivity index (χ0v) is 81.7. The van der Waals surface area contributed by atoms with E-state index >= 15 is 0 Å². The Hall–Kier alpha value is -13.1. The van der Waals surface area contributed by atoms with Gasteiger partial charge in [-0.05, 0) is 162 Å². The molecule has 10 heterocycles. The van der Waals surface area contributed by atoms with E-state index in [4.69, 9.17) is 70.9 Å².